The third-order valence-electron chi connectivity index (χ3n) is 4.40. The molecule has 0 fully saturated rings. The fourth-order valence-corrected chi connectivity index (χ4v) is 3.36. The van der Waals surface area contributed by atoms with Crippen molar-refractivity contribution in [1.82, 2.24) is 0 Å². The molecule has 0 unspecified atom stereocenters. The number of rotatable bonds is 8. The van der Waals surface area contributed by atoms with Gasteiger partial charge in [0.25, 0.3) is 0 Å². The average molecular weight is 565 g/mol. The Morgan fingerprint density at radius 1 is 1.09 bits per heavy atom. The molecular formula is C24H19BrF6O4. The van der Waals surface area contributed by atoms with Crippen LogP contribution in [0, 0.1) is 11.8 Å². The molecule has 0 heterocycles. The number of carbonyl (C=O) groups is 1. The first-order valence-corrected chi connectivity index (χ1v) is 10.8. The number of hydrogen-bond donors (Lipinski definition) is 1. The van der Waals surface area contributed by atoms with Crippen LogP contribution in [0.5, 0.6) is 5.75 Å². The lowest BCUT2D eigenvalue weighted by atomic mass is 10.0. The van der Waals surface area contributed by atoms with Crippen molar-refractivity contribution in [1.29, 1.82) is 0 Å². The average Bonchev–Trinajstić information content (AvgIpc) is 2.75. The third-order valence-corrected chi connectivity index (χ3v) is 5.02. The molecule has 0 aromatic heterocycles. The van der Waals surface area contributed by atoms with Gasteiger partial charge in [-0.15, -0.1) is 0 Å². The summed E-state index contributed by atoms with van der Waals surface area (Å²) in [5.74, 6) is 4.01. The van der Waals surface area contributed by atoms with Crippen LogP contribution in [0.1, 0.15) is 29.2 Å². The van der Waals surface area contributed by atoms with Crippen LogP contribution in [0.3, 0.4) is 0 Å². The number of allylic oxidation sites excluding steroid dienone is 1. The first-order chi connectivity index (χ1) is 16.3. The molecule has 0 saturated heterocycles. The zero-order chi connectivity index (χ0) is 26.2. The second kappa shape index (κ2) is 12.1. The Morgan fingerprint density at radius 2 is 1.71 bits per heavy atom. The second-order valence-corrected chi connectivity index (χ2v) is 7.88. The summed E-state index contributed by atoms with van der Waals surface area (Å²) in [4.78, 5) is 11.2. The minimum Gasteiger partial charge on any atom is -0.488 e. The quantitative estimate of drug-likeness (QED) is 0.293. The van der Waals surface area contributed by atoms with Gasteiger partial charge in [0.2, 0.25) is 0 Å². The normalized spacial score (nSPS) is 12.8. The standard InChI is InChI=1S/C24H19BrF6O4/c1-2-34-21(22(32)33)13-16-7-8-20(19(25)12-16)35-9-5-3-4-6-15-10-17(23(26,27)28)14-18(11-15)24(29,30)31/h3,5,7-8,10-12,14,21H,2,9,13H2,1H3,(H,32,33)/b5-3+/t21-/m0/s1. The molecule has 0 aliphatic rings. The minimum atomic E-state index is -4.94. The van der Waals surface area contributed by atoms with Crippen LogP contribution in [0.25, 0.3) is 0 Å². The second-order valence-electron chi connectivity index (χ2n) is 7.03. The molecule has 0 bridgehead atoms. The Hall–Kier alpha value is -2.97. The number of ether oxygens (including phenoxy) is 2. The third kappa shape index (κ3) is 8.96. The fraction of sp³-hybridized carbons (Fsp3) is 0.292. The van der Waals surface area contributed by atoms with E-state index >= 15 is 0 Å². The molecule has 1 N–H and O–H groups in total. The van der Waals surface area contributed by atoms with Gasteiger partial charge in [0.05, 0.1) is 15.6 Å². The maximum Gasteiger partial charge on any atom is 0.416 e. The number of alkyl halides is 6. The highest BCUT2D eigenvalue weighted by atomic mass is 79.9. The van der Waals surface area contributed by atoms with Gasteiger partial charge in [-0.2, -0.15) is 26.3 Å². The van der Waals surface area contributed by atoms with Gasteiger partial charge in [0.1, 0.15) is 12.4 Å². The molecule has 188 valence electrons. The summed E-state index contributed by atoms with van der Waals surface area (Å²) in [7, 11) is 0. The molecule has 0 aliphatic carbocycles. The molecule has 0 saturated carbocycles. The van der Waals surface area contributed by atoms with E-state index in [2.05, 4.69) is 27.8 Å². The Bertz CT molecular complexity index is 1100. The van der Waals surface area contributed by atoms with E-state index in [9.17, 15) is 31.1 Å². The highest BCUT2D eigenvalue weighted by Gasteiger charge is 2.36. The van der Waals surface area contributed by atoms with Crippen LogP contribution < -0.4 is 4.74 Å². The van der Waals surface area contributed by atoms with Crippen LogP contribution in [0.4, 0.5) is 26.3 Å². The lowest BCUT2D eigenvalue weighted by molar-refractivity contribution is -0.150. The predicted molar refractivity (Wildman–Crippen MR) is 119 cm³/mol. The number of hydrogen-bond acceptors (Lipinski definition) is 3. The highest BCUT2D eigenvalue weighted by molar-refractivity contribution is 9.10. The van der Waals surface area contributed by atoms with Crippen LogP contribution >= 0.6 is 15.9 Å². The number of aliphatic carboxylic acids is 1. The lowest BCUT2D eigenvalue weighted by Crippen LogP contribution is -2.26. The van der Waals surface area contributed by atoms with Crippen LogP contribution in [0.2, 0.25) is 0 Å². The summed E-state index contributed by atoms with van der Waals surface area (Å²) < 4.78 is 88.6. The largest absolute Gasteiger partial charge is 0.488 e. The number of benzene rings is 2. The summed E-state index contributed by atoms with van der Waals surface area (Å²) in [6.45, 7) is 1.96. The monoisotopic (exact) mass is 564 g/mol. The smallest absolute Gasteiger partial charge is 0.416 e. The van der Waals surface area contributed by atoms with E-state index in [4.69, 9.17) is 14.6 Å². The Labute approximate surface area is 205 Å². The van der Waals surface area contributed by atoms with Gasteiger partial charge in [0, 0.05) is 18.6 Å². The first-order valence-electron chi connectivity index (χ1n) is 10.0. The first kappa shape index (κ1) is 28.3. The van der Waals surface area contributed by atoms with Gasteiger partial charge in [-0.25, -0.2) is 4.79 Å². The Kier molecular flexibility index (Phi) is 9.80. The van der Waals surface area contributed by atoms with Gasteiger partial charge in [-0.1, -0.05) is 17.9 Å². The van der Waals surface area contributed by atoms with E-state index in [1.807, 2.05) is 0 Å². The van der Waals surface area contributed by atoms with Crippen molar-refractivity contribution in [2.45, 2.75) is 31.8 Å². The maximum absolute atomic E-state index is 12.9. The van der Waals surface area contributed by atoms with E-state index in [1.165, 1.54) is 12.2 Å². The van der Waals surface area contributed by atoms with Gasteiger partial charge in [-0.3, -0.25) is 0 Å². The molecule has 2 rings (SSSR count). The summed E-state index contributed by atoms with van der Waals surface area (Å²) >= 11 is 3.32. The van der Waals surface area contributed by atoms with Crippen LogP contribution in [-0.4, -0.2) is 30.4 Å². The molecule has 0 aliphatic heterocycles. The van der Waals surface area contributed by atoms with Crippen molar-refractivity contribution in [3.63, 3.8) is 0 Å². The molecule has 2 aromatic rings. The fourth-order valence-electron chi connectivity index (χ4n) is 2.82. The number of carboxylic acid groups (broad SMARTS) is 1. The number of carboxylic acids is 1. The molecule has 1 atom stereocenters. The Balaban J connectivity index is 2.03. The Morgan fingerprint density at radius 3 is 2.23 bits per heavy atom. The number of halogens is 7. The SMILES string of the molecule is CCO[C@@H](Cc1ccc(OC/C=C/C#Cc2cc(C(F)(F)F)cc(C(F)(F)F)c2)c(Br)c1)C(=O)O. The van der Waals surface area contributed by atoms with E-state index in [0.29, 0.717) is 27.9 Å². The molecule has 2 aromatic carbocycles. The maximum atomic E-state index is 12.9. The van der Waals surface area contributed by atoms with Gasteiger partial charge < -0.3 is 14.6 Å². The van der Waals surface area contributed by atoms with Crippen molar-refractivity contribution in [3.8, 4) is 17.6 Å². The van der Waals surface area contributed by atoms with E-state index in [0.717, 1.165) is 0 Å². The molecule has 0 radical (unpaired) electrons. The minimum absolute atomic E-state index is 0.0136. The van der Waals surface area contributed by atoms with Crippen molar-refractivity contribution >= 4 is 21.9 Å². The summed E-state index contributed by atoms with van der Waals surface area (Å²) in [6, 6.07) is 6.10. The zero-order valence-corrected chi connectivity index (χ0v) is 19.7. The molecule has 11 heteroatoms. The van der Waals surface area contributed by atoms with Crippen LogP contribution in [0.15, 0.2) is 53.0 Å². The van der Waals surface area contributed by atoms with Crippen molar-refractivity contribution in [2.75, 3.05) is 13.2 Å². The van der Waals surface area contributed by atoms with E-state index in [-0.39, 0.29) is 25.7 Å². The van der Waals surface area contributed by atoms with Crippen molar-refractivity contribution in [2.24, 2.45) is 0 Å². The highest BCUT2D eigenvalue weighted by Crippen LogP contribution is 2.36. The van der Waals surface area contributed by atoms with Crippen molar-refractivity contribution < 1.29 is 45.7 Å². The van der Waals surface area contributed by atoms with E-state index in [1.54, 1.807) is 25.1 Å². The summed E-state index contributed by atoms with van der Waals surface area (Å²) in [5.41, 5.74) is -2.60. The lowest BCUT2D eigenvalue weighted by Gasteiger charge is -2.13. The molecule has 0 spiro atoms. The van der Waals surface area contributed by atoms with Gasteiger partial charge in [-0.05, 0) is 70.9 Å². The zero-order valence-electron chi connectivity index (χ0n) is 18.1. The van der Waals surface area contributed by atoms with Gasteiger partial charge in [0.15, 0.2) is 6.10 Å². The predicted octanol–water partition coefficient (Wildman–Crippen LogP) is 6.51. The summed E-state index contributed by atoms with van der Waals surface area (Å²) in [6.07, 6.45) is -8.03. The molecule has 35 heavy (non-hydrogen) atoms. The van der Waals surface area contributed by atoms with Crippen LogP contribution in [-0.2, 0) is 28.3 Å². The molecule has 0 amide bonds. The van der Waals surface area contributed by atoms with E-state index < -0.39 is 41.1 Å². The van der Waals surface area contributed by atoms with Crippen molar-refractivity contribution in [3.05, 3.63) is 75.3 Å². The van der Waals surface area contributed by atoms with Gasteiger partial charge >= 0.3 is 18.3 Å². The molecule has 4 nitrogen and oxygen atoms in total. The topological polar surface area (TPSA) is 55.8 Å². The molecular weight excluding hydrogens is 546 g/mol. The summed E-state index contributed by atoms with van der Waals surface area (Å²) in [5, 5.41) is 9.17.